The maximum Gasteiger partial charge on any atom is 0.220 e. The number of benzene rings is 1. The first kappa shape index (κ1) is 15.0. The van der Waals surface area contributed by atoms with Gasteiger partial charge in [-0.05, 0) is 49.9 Å². The summed E-state index contributed by atoms with van der Waals surface area (Å²) in [4.78, 5) is 11.7. The van der Waals surface area contributed by atoms with Gasteiger partial charge in [0.25, 0.3) is 0 Å². The van der Waals surface area contributed by atoms with Gasteiger partial charge in [0.05, 0.1) is 0 Å². The van der Waals surface area contributed by atoms with Crippen LogP contribution < -0.4 is 10.6 Å². The van der Waals surface area contributed by atoms with E-state index in [-0.39, 0.29) is 11.7 Å². The van der Waals surface area contributed by atoms with Gasteiger partial charge in [0.15, 0.2) is 0 Å². The molecule has 0 aromatic heterocycles. The Bertz CT molecular complexity index is 413. The summed E-state index contributed by atoms with van der Waals surface area (Å²) >= 11 is 0. The van der Waals surface area contributed by atoms with Gasteiger partial charge in [-0.3, -0.25) is 4.79 Å². The number of halogens is 1. The van der Waals surface area contributed by atoms with Crippen LogP contribution in [0.2, 0.25) is 0 Å². The zero-order valence-electron chi connectivity index (χ0n) is 11.8. The Morgan fingerprint density at radius 3 is 2.80 bits per heavy atom. The van der Waals surface area contributed by atoms with E-state index in [9.17, 15) is 9.18 Å². The van der Waals surface area contributed by atoms with Gasteiger partial charge < -0.3 is 10.6 Å². The van der Waals surface area contributed by atoms with Gasteiger partial charge in [-0.25, -0.2) is 4.39 Å². The standard InChI is InChI=1S/C16H23FN2O/c17-14-6-4-13(5-7-14)10-12-19-16(20)9-8-15-3-1-2-11-18-15/h4-7,15,18H,1-3,8-12H2,(H,19,20). The van der Waals surface area contributed by atoms with Crippen LogP contribution in [0, 0.1) is 5.82 Å². The highest BCUT2D eigenvalue weighted by Gasteiger charge is 2.13. The number of rotatable bonds is 6. The van der Waals surface area contributed by atoms with E-state index in [1.807, 2.05) is 0 Å². The van der Waals surface area contributed by atoms with Crippen LogP contribution in [-0.2, 0) is 11.2 Å². The highest BCUT2D eigenvalue weighted by Crippen LogP contribution is 2.11. The third-order valence-electron chi connectivity index (χ3n) is 3.78. The van der Waals surface area contributed by atoms with Crippen molar-refractivity contribution in [3.63, 3.8) is 0 Å². The van der Waals surface area contributed by atoms with Crippen LogP contribution in [0.15, 0.2) is 24.3 Å². The van der Waals surface area contributed by atoms with Crippen LogP contribution in [0.4, 0.5) is 4.39 Å². The minimum Gasteiger partial charge on any atom is -0.356 e. The molecule has 0 aliphatic carbocycles. The number of carbonyl (C=O) groups is 1. The lowest BCUT2D eigenvalue weighted by molar-refractivity contribution is -0.121. The summed E-state index contributed by atoms with van der Waals surface area (Å²) in [6.07, 6.45) is 5.95. The van der Waals surface area contributed by atoms with Crippen LogP contribution in [0.1, 0.15) is 37.7 Å². The average molecular weight is 278 g/mol. The summed E-state index contributed by atoms with van der Waals surface area (Å²) < 4.78 is 12.7. The molecule has 1 aromatic rings. The van der Waals surface area contributed by atoms with E-state index in [0.29, 0.717) is 19.0 Å². The maximum absolute atomic E-state index is 12.7. The van der Waals surface area contributed by atoms with Gasteiger partial charge >= 0.3 is 0 Å². The monoisotopic (exact) mass is 278 g/mol. The largest absolute Gasteiger partial charge is 0.356 e. The van der Waals surface area contributed by atoms with Gasteiger partial charge in [0.2, 0.25) is 5.91 Å². The fourth-order valence-corrected chi connectivity index (χ4v) is 2.56. The Labute approximate surface area is 120 Å². The molecule has 1 amide bonds. The van der Waals surface area contributed by atoms with E-state index in [1.165, 1.54) is 31.4 Å². The Hall–Kier alpha value is -1.42. The van der Waals surface area contributed by atoms with Crippen molar-refractivity contribution in [1.82, 2.24) is 10.6 Å². The highest BCUT2D eigenvalue weighted by molar-refractivity contribution is 5.75. The molecule has 1 fully saturated rings. The zero-order valence-corrected chi connectivity index (χ0v) is 11.8. The van der Waals surface area contributed by atoms with E-state index in [0.717, 1.165) is 24.9 Å². The second-order valence-electron chi connectivity index (χ2n) is 5.41. The van der Waals surface area contributed by atoms with Crippen molar-refractivity contribution >= 4 is 5.91 Å². The molecule has 1 atom stereocenters. The average Bonchev–Trinajstić information content (AvgIpc) is 2.48. The number of hydrogen-bond acceptors (Lipinski definition) is 2. The van der Waals surface area contributed by atoms with Crippen molar-refractivity contribution in [2.24, 2.45) is 0 Å². The molecule has 1 aliphatic rings. The number of piperidine rings is 1. The fourth-order valence-electron chi connectivity index (χ4n) is 2.56. The van der Waals surface area contributed by atoms with Crippen molar-refractivity contribution in [2.75, 3.05) is 13.1 Å². The third kappa shape index (κ3) is 5.29. The van der Waals surface area contributed by atoms with Crippen LogP contribution in [-0.4, -0.2) is 25.0 Å². The number of nitrogens with one attached hydrogen (secondary N) is 2. The molecule has 1 unspecified atom stereocenters. The van der Waals surface area contributed by atoms with Crippen molar-refractivity contribution in [2.45, 2.75) is 44.6 Å². The molecule has 2 rings (SSSR count). The predicted molar refractivity (Wildman–Crippen MR) is 78.0 cm³/mol. The molecule has 0 bridgehead atoms. The zero-order chi connectivity index (χ0) is 14.2. The first-order valence-electron chi connectivity index (χ1n) is 7.48. The molecular formula is C16H23FN2O. The van der Waals surface area contributed by atoms with E-state index in [2.05, 4.69) is 10.6 Å². The van der Waals surface area contributed by atoms with Crippen molar-refractivity contribution in [1.29, 1.82) is 0 Å². The number of carbonyl (C=O) groups excluding carboxylic acids is 1. The fraction of sp³-hybridized carbons (Fsp3) is 0.562. The molecule has 3 nitrogen and oxygen atoms in total. The Balaban J connectivity index is 1.58. The molecule has 1 heterocycles. The topological polar surface area (TPSA) is 41.1 Å². The van der Waals surface area contributed by atoms with Gasteiger partial charge in [-0.15, -0.1) is 0 Å². The lowest BCUT2D eigenvalue weighted by Crippen LogP contribution is -2.35. The van der Waals surface area contributed by atoms with Gasteiger partial charge in [-0.1, -0.05) is 18.6 Å². The normalized spacial score (nSPS) is 18.8. The Morgan fingerprint density at radius 2 is 2.10 bits per heavy atom. The smallest absolute Gasteiger partial charge is 0.220 e. The third-order valence-corrected chi connectivity index (χ3v) is 3.78. The van der Waals surface area contributed by atoms with E-state index < -0.39 is 0 Å². The molecule has 20 heavy (non-hydrogen) atoms. The molecule has 0 saturated carbocycles. The quantitative estimate of drug-likeness (QED) is 0.839. The van der Waals surface area contributed by atoms with Crippen LogP contribution >= 0.6 is 0 Å². The Morgan fingerprint density at radius 1 is 1.30 bits per heavy atom. The summed E-state index contributed by atoms with van der Waals surface area (Å²) in [5.74, 6) is -0.114. The number of hydrogen-bond donors (Lipinski definition) is 2. The molecule has 0 spiro atoms. The molecule has 2 N–H and O–H groups in total. The molecule has 1 aromatic carbocycles. The second kappa shape index (κ2) is 8.00. The van der Waals surface area contributed by atoms with Crippen molar-refractivity contribution in [3.05, 3.63) is 35.6 Å². The molecule has 0 radical (unpaired) electrons. The van der Waals surface area contributed by atoms with Gasteiger partial charge in [-0.2, -0.15) is 0 Å². The summed E-state index contributed by atoms with van der Waals surface area (Å²) in [7, 11) is 0. The maximum atomic E-state index is 12.7. The molecule has 110 valence electrons. The number of amides is 1. The first-order chi connectivity index (χ1) is 9.74. The molecule has 1 saturated heterocycles. The molecule has 1 aliphatic heterocycles. The first-order valence-corrected chi connectivity index (χ1v) is 7.48. The Kier molecular flexibility index (Phi) is 5.99. The predicted octanol–water partition coefficient (Wildman–Crippen LogP) is 2.41. The minimum atomic E-state index is -0.224. The minimum absolute atomic E-state index is 0.111. The van der Waals surface area contributed by atoms with Gasteiger partial charge in [0.1, 0.15) is 5.82 Å². The lowest BCUT2D eigenvalue weighted by Gasteiger charge is -2.23. The highest BCUT2D eigenvalue weighted by atomic mass is 19.1. The van der Waals surface area contributed by atoms with Crippen LogP contribution in [0.3, 0.4) is 0 Å². The lowest BCUT2D eigenvalue weighted by atomic mass is 10.0. The van der Waals surface area contributed by atoms with Crippen LogP contribution in [0.5, 0.6) is 0 Å². The summed E-state index contributed by atoms with van der Waals surface area (Å²) in [6.45, 7) is 1.69. The van der Waals surface area contributed by atoms with Crippen molar-refractivity contribution in [3.8, 4) is 0 Å². The van der Waals surface area contributed by atoms with E-state index >= 15 is 0 Å². The van der Waals surface area contributed by atoms with Crippen molar-refractivity contribution < 1.29 is 9.18 Å². The molecular weight excluding hydrogens is 255 g/mol. The van der Waals surface area contributed by atoms with Gasteiger partial charge in [0, 0.05) is 19.0 Å². The summed E-state index contributed by atoms with van der Waals surface area (Å²) in [6, 6.07) is 6.92. The summed E-state index contributed by atoms with van der Waals surface area (Å²) in [5.41, 5.74) is 1.04. The van der Waals surface area contributed by atoms with E-state index in [1.54, 1.807) is 12.1 Å². The second-order valence-corrected chi connectivity index (χ2v) is 5.41. The van der Waals surface area contributed by atoms with Crippen LogP contribution in [0.25, 0.3) is 0 Å². The molecule has 4 heteroatoms. The van der Waals surface area contributed by atoms with E-state index in [4.69, 9.17) is 0 Å². The SMILES string of the molecule is O=C(CCC1CCCCN1)NCCc1ccc(F)cc1. The summed E-state index contributed by atoms with van der Waals surface area (Å²) in [5, 5.41) is 6.37.